The van der Waals surface area contributed by atoms with Crippen LogP contribution in [0, 0.1) is 0 Å². The van der Waals surface area contributed by atoms with Gasteiger partial charge >= 0.3 is 18.9 Å². The molecule has 2 aromatic carbocycles. The first-order valence-electron chi connectivity index (χ1n) is 5.40. The van der Waals surface area contributed by atoms with Crippen molar-refractivity contribution >= 4 is 29.8 Å². The van der Waals surface area contributed by atoms with Gasteiger partial charge < -0.3 is 5.11 Å². The van der Waals surface area contributed by atoms with Crippen LogP contribution in [0.1, 0.15) is 0 Å². The molecule has 0 saturated carbocycles. The van der Waals surface area contributed by atoms with Crippen molar-refractivity contribution in [1.29, 1.82) is 0 Å². The topological polar surface area (TPSA) is 33.1 Å². The Balaban J connectivity index is 0.000000181. The van der Waals surface area contributed by atoms with Crippen LogP contribution in [-0.4, -0.2) is 29.0 Å². The summed E-state index contributed by atoms with van der Waals surface area (Å²) in [6.07, 6.45) is 1.81. The summed E-state index contributed by atoms with van der Waals surface area (Å²) in [7, 11) is 0. The smallest absolute Gasteiger partial charge is 0.0701 e. The van der Waals surface area contributed by atoms with Crippen LogP contribution in [0.25, 0.3) is 10.9 Å². The number of benzene rings is 2. The summed E-state index contributed by atoms with van der Waals surface area (Å²) in [5.74, 6) is 0.322. The van der Waals surface area contributed by atoms with Crippen LogP contribution in [0.4, 0.5) is 0 Å². The van der Waals surface area contributed by atoms with Gasteiger partial charge in [-0.1, -0.05) is 42.5 Å². The molecule has 1 heterocycles. The minimum Gasteiger partial charge on any atom is -0.256 e. The number of fused-ring (bicyclic) bond motifs is 1. The molecule has 0 amide bonds. The van der Waals surface area contributed by atoms with Gasteiger partial charge in [-0.25, -0.2) is 0 Å². The predicted molar refractivity (Wildman–Crippen MR) is 77.0 cm³/mol. The van der Waals surface area contributed by atoms with Gasteiger partial charge in [-0.2, -0.15) is 0 Å². The van der Waals surface area contributed by atoms with Crippen molar-refractivity contribution in [3.63, 3.8) is 0 Å². The third-order valence-corrected chi connectivity index (χ3v) is 2.27. The van der Waals surface area contributed by atoms with E-state index < -0.39 is 0 Å². The zero-order valence-electron chi connectivity index (χ0n) is 9.32. The number of hydrogen-bond acceptors (Lipinski definition) is 2. The van der Waals surface area contributed by atoms with E-state index in [4.69, 9.17) is 5.11 Å². The summed E-state index contributed by atoms with van der Waals surface area (Å²) < 4.78 is 0. The average Bonchev–Trinajstić information content (AvgIpc) is 2.41. The summed E-state index contributed by atoms with van der Waals surface area (Å²) in [5, 5.41) is 9.83. The van der Waals surface area contributed by atoms with E-state index in [1.807, 2.05) is 36.5 Å². The molecule has 0 bridgehead atoms. The van der Waals surface area contributed by atoms with E-state index in [-0.39, 0.29) is 18.9 Å². The summed E-state index contributed by atoms with van der Waals surface area (Å²) in [5.41, 5.74) is 1.06. The number of phenols is 1. The van der Waals surface area contributed by atoms with Gasteiger partial charge in [0.15, 0.2) is 0 Å². The maximum atomic E-state index is 8.63. The molecule has 0 unspecified atom stereocenters. The van der Waals surface area contributed by atoms with Gasteiger partial charge in [0.1, 0.15) is 5.75 Å². The quantitative estimate of drug-likeness (QED) is 0.603. The number of hydrogen-bond donors (Lipinski definition) is 1. The van der Waals surface area contributed by atoms with Gasteiger partial charge in [0.05, 0.1) is 5.52 Å². The van der Waals surface area contributed by atoms with E-state index in [0.717, 1.165) is 5.52 Å². The van der Waals surface area contributed by atoms with Crippen molar-refractivity contribution in [2.24, 2.45) is 0 Å². The molecule has 0 aliphatic heterocycles. The molecule has 3 aromatic rings. The van der Waals surface area contributed by atoms with E-state index in [1.54, 1.807) is 24.3 Å². The number of rotatable bonds is 0. The van der Waals surface area contributed by atoms with Gasteiger partial charge in [0.2, 0.25) is 0 Å². The SMILES string of the molecule is Oc1ccccc1.[LiH].c1ccc2ncccc2c1. The van der Waals surface area contributed by atoms with E-state index >= 15 is 0 Å². The Labute approximate surface area is 118 Å². The van der Waals surface area contributed by atoms with Crippen molar-refractivity contribution in [3.05, 3.63) is 72.9 Å². The van der Waals surface area contributed by atoms with Gasteiger partial charge in [-0.05, 0) is 24.3 Å². The number of phenolic OH excluding ortho intramolecular Hbond substituents is 1. The maximum Gasteiger partial charge on any atom is 0.0701 e. The average molecular weight is 231 g/mol. The van der Waals surface area contributed by atoms with Gasteiger partial charge in [0.25, 0.3) is 0 Å². The molecule has 0 fully saturated rings. The number of aromatic hydroxyl groups is 1. The van der Waals surface area contributed by atoms with Crippen molar-refractivity contribution in [2.75, 3.05) is 0 Å². The fourth-order valence-electron chi connectivity index (χ4n) is 1.44. The van der Waals surface area contributed by atoms with E-state index in [9.17, 15) is 0 Å². The van der Waals surface area contributed by atoms with Crippen LogP contribution >= 0.6 is 0 Å². The van der Waals surface area contributed by atoms with Crippen molar-refractivity contribution in [2.45, 2.75) is 0 Å². The van der Waals surface area contributed by atoms with Crippen molar-refractivity contribution in [3.8, 4) is 5.75 Å². The number of nitrogens with zero attached hydrogens (tertiary/aromatic N) is 1. The first kappa shape index (κ1) is 14.3. The molecule has 0 saturated heterocycles. The standard InChI is InChI=1S/C9H7N.C6H6O.Li.H/c1-2-6-9-8(4-1)5-3-7-10-9;7-6-4-2-1-3-5-6;;/h1-7H;1-5,7H;;. The predicted octanol–water partition coefficient (Wildman–Crippen LogP) is 2.98. The van der Waals surface area contributed by atoms with E-state index in [2.05, 4.69) is 17.1 Å². The number of pyridine rings is 1. The second-order valence-corrected chi connectivity index (χ2v) is 3.53. The van der Waals surface area contributed by atoms with Crippen LogP contribution in [0.15, 0.2) is 72.9 Å². The first-order chi connectivity index (χ1) is 8.36. The van der Waals surface area contributed by atoms with Crippen LogP contribution in [0.5, 0.6) is 5.75 Å². The molecule has 1 aromatic heterocycles. The third kappa shape index (κ3) is 4.25. The molecule has 0 aliphatic carbocycles. The Bertz CT molecular complexity index is 519. The summed E-state index contributed by atoms with van der Waals surface area (Å²) in [6, 6.07) is 20.8. The molecule has 0 aliphatic rings. The molecule has 0 spiro atoms. The Morgan fingerprint density at radius 3 is 1.94 bits per heavy atom. The van der Waals surface area contributed by atoms with Crippen molar-refractivity contribution < 1.29 is 5.11 Å². The third-order valence-electron chi connectivity index (χ3n) is 2.27. The molecule has 3 heteroatoms. The second-order valence-electron chi connectivity index (χ2n) is 3.53. The molecule has 0 radical (unpaired) electrons. The van der Waals surface area contributed by atoms with Gasteiger partial charge in [0, 0.05) is 11.6 Å². The molecule has 86 valence electrons. The summed E-state index contributed by atoms with van der Waals surface area (Å²) in [6.45, 7) is 0. The number of para-hydroxylation sites is 2. The molecule has 0 atom stereocenters. The number of aromatic nitrogens is 1. The Morgan fingerprint density at radius 2 is 1.33 bits per heavy atom. The zero-order chi connectivity index (χ0) is 11.9. The minimum atomic E-state index is 0. The van der Waals surface area contributed by atoms with Crippen LogP contribution in [0.2, 0.25) is 0 Å². The molecule has 18 heavy (non-hydrogen) atoms. The summed E-state index contributed by atoms with van der Waals surface area (Å²) in [4.78, 5) is 4.18. The monoisotopic (exact) mass is 231 g/mol. The molecule has 1 N–H and O–H groups in total. The molecule has 3 rings (SSSR count). The van der Waals surface area contributed by atoms with Crippen molar-refractivity contribution in [1.82, 2.24) is 4.98 Å². The summed E-state index contributed by atoms with van der Waals surface area (Å²) >= 11 is 0. The fraction of sp³-hybridized carbons (Fsp3) is 0. The Kier molecular flexibility index (Phi) is 6.00. The molecular formula is C15H14LiNO. The fourth-order valence-corrected chi connectivity index (χ4v) is 1.44. The maximum absolute atomic E-state index is 8.63. The second kappa shape index (κ2) is 7.55. The Hall–Kier alpha value is -1.75. The van der Waals surface area contributed by atoms with E-state index in [0.29, 0.717) is 5.75 Å². The first-order valence-corrected chi connectivity index (χ1v) is 5.40. The minimum absolute atomic E-state index is 0. The van der Waals surface area contributed by atoms with E-state index in [1.165, 1.54) is 5.39 Å². The normalized spacial score (nSPS) is 8.89. The Morgan fingerprint density at radius 1 is 0.722 bits per heavy atom. The van der Waals surface area contributed by atoms with Gasteiger partial charge in [-0.3, -0.25) is 4.98 Å². The van der Waals surface area contributed by atoms with Gasteiger partial charge in [-0.15, -0.1) is 0 Å². The molecular weight excluding hydrogens is 217 g/mol. The largest absolute Gasteiger partial charge is 0.256 e. The van der Waals surface area contributed by atoms with Crippen LogP contribution in [-0.2, 0) is 0 Å². The van der Waals surface area contributed by atoms with Crippen LogP contribution < -0.4 is 0 Å². The zero-order valence-corrected chi connectivity index (χ0v) is 9.32. The van der Waals surface area contributed by atoms with Crippen LogP contribution in [0.3, 0.4) is 0 Å². The molecule has 2 nitrogen and oxygen atoms in total.